The van der Waals surface area contributed by atoms with Gasteiger partial charge in [-0.2, -0.15) is 0 Å². The van der Waals surface area contributed by atoms with Crippen molar-refractivity contribution < 1.29 is 9.47 Å². The first-order valence-electron chi connectivity index (χ1n) is 5.24. The molecule has 0 aromatic rings. The smallest absolute Gasteiger partial charge is 0.0702 e. The molecule has 2 fully saturated rings. The summed E-state index contributed by atoms with van der Waals surface area (Å²) in [6.45, 7) is 3.42. The lowest BCUT2D eigenvalue weighted by molar-refractivity contribution is -0.0871. The summed E-state index contributed by atoms with van der Waals surface area (Å²) in [5, 5.41) is 0. The van der Waals surface area contributed by atoms with E-state index in [1.54, 1.807) is 0 Å². The zero-order valence-electron chi connectivity index (χ0n) is 8.13. The average Bonchev–Trinajstić information content (AvgIpc) is 2.19. The van der Waals surface area contributed by atoms with Crippen molar-refractivity contribution in [2.75, 3.05) is 26.4 Å². The van der Waals surface area contributed by atoms with Gasteiger partial charge in [0.1, 0.15) is 0 Å². The third-order valence-electron chi connectivity index (χ3n) is 3.46. The van der Waals surface area contributed by atoms with Gasteiger partial charge >= 0.3 is 0 Å². The SMILES string of the molecule is NCC1CC2(CCOCC2)CCO1. The second-order valence-corrected chi connectivity index (χ2v) is 4.29. The summed E-state index contributed by atoms with van der Waals surface area (Å²) in [5.74, 6) is 0. The van der Waals surface area contributed by atoms with E-state index in [-0.39, 0.29) is 0 Å². The van der Waals surface area contributed by atoms with Crippen LogP contribution in [0.3, 0.4) is 0 Å². The second kappa shape index (κ2) is 3.95. The summed E-state index contributed by atoms with van der Waals surface area (Å²) >= 11 is 0. The lowest BCUT2D eigenvalue weighted by Gasteiger charge is -2.43. The van der Waals surface area contributed by atoms with Gasteiger partial charge in [-0.05, 0) is 31.1 Å². The van der Waals surface area contributed by atoms with Crippen molar-refractivity contribution >= 4 is 0 Å². The molecule has 0 amide bonds. The molecular weight excluding hydrogens is 166 g/mol. The van der Waals surface area contributed by atoms with E-state index < -0.39 is 0 Å². The van der Waals surface area contributed by atoms with Crippen LogP contribution in [0.5, 0.6) is 0 Å². The molecule has 0 aromatic heterocycles. The summed E-state index contributed by atoms with van der Waals surface area (Å²) in [5.41, 5.74) is 6.14. The maximum atomic E-state index is 5.64. The van der Waals surface area contributed by atoms with Crippen LogP contribution in [0.15, 0.2) is 0 Å². The van der Waals surface area contributed by atoms with Crippen LogP contribution in [0.4, 0.5) is 0 Å². The Kier molecular flexibility index (Phi) is 2.86. The van der Waals surface area contributed by atoms with Gasteiger partial charge in [-0.3, -0.25) is 0 Å². The molecule has 3 heteroatoms. The molecule has 1 spiro atoms. The van der Waals surface area contributed by atoms with Crippen LogP contribution in [-0.4, -0.2) is 32.5 Å². The number of hydrogen-bond acceptors (Lipinski definition) is 3. The lowest BCUT2D eigenvalue weighted by atomic mass is 9.72. The summed E-state index contributed by atoms with van der Waals surface area (Å²) in [7, 11) is 0. The first-order chi connectivity index (χ1) is 6.35. The van der Waals surface area contributed by atoms with Gasteiger partial charge in [0.15, 0.2) is 0 Å². The largest absolute Gasteiger partial charge is 0.381 e. The molecule has 2 saturated heterocycles. The van der Waals surface area contributed by atoms with Crippen LogP contribution in [0.25, 0.3) is 0 Å². The number of hydrogen-bond donors (Lipinski definition) is 1. The monoisotopic (exact) mass is 185 g/mol. The van der Waals surface area contributed by atoms with E-state index in [2.05, 4.69) is 0 Å². The Labute approximate surface area is 79.6 Å². The van der Waals surface area contributed by atoms with Crippen LogP contribution >= 0.6 is 0 Å². The van der Waals surface area contributed by atoms with Gasteiger partial charge in [0.25, 0.3) is 0 Å². The van der Waals surface area contributed by atoms with Crippen LogP contribution in [0.1, 0.15) is 25.7 Å². The van der Waals surface area contributed by atoms with E-state index in [9.17, 15) is 0 Å². The fourth-order valence-electron chi connectivity index (χ4n) is 2.50. The predicted molar refractivity (Wildman–Crippen MR) is 50.5 cm³/mol. The van der Waals surface area contributed by atoms with Gasteiger partial charge in [-0.15, -0.1) is 0 Å². The Morgan fingerprint density at radius 1 is 1.15 bits per heavy atom. The molecular formula is C10H19NO2. The number of nitrogens with two attached hydrogens (primary N) is 1. The first-order valence-corrected chi connectivity index (χ1v) is 5.24. The standard InChI is InChI=1S/C10H19NO2/c11-8-9-7-10(3-6-13-9)1-4-12-5-2-10/h9H,1-8,11H2. The van der Waals surface area contributed by atoms with Crippen LogP contribution in [0, 0.1) is 5.41 Å². The Balaban J connectivity index is 1.95. The molecule has 2 aliphatic rings. The Morgan fingerprint density at radius 2 is 1.85 bits per heavy atom. The quantitative estimate of drug-likeness (QED) is 0.660. The number of rotatable bonds is 1. The molecule has 3 nitrogen and oxygen atoms in total. The minimum atomic E-state index is 0.298. The lowest BCUT2D eigenvalue weighted by Crippen LogP contribution is -2.42. The molecule has 0 bridgehead atoms. The molecule has 1 unspecified atom stereocenters. The molecule has 13 heavy (non-hydrogen) atoms. The van der Waals surface area contributed by atoms with E-state index in [0.717, 1.165) is 26.2 Å². The first kappa shape index (κ1) is 9.44. The van der Waals surface area contributed by atoms with Crippen molar-refractivity contribution in [2.45, 2.75) is 31.8 Å². The van der Waals surface area contributed by atoms with Crippen molar-refractivity contribution in [3.63, 3.8) is 0 Å². The highest BCUT2D eigenvalue weighted by molar-refractivity contribution is 4.87. The van der Waals surface area contributed by atoms with Crippen molar-refractivity contribution in [1.82, 2.24) is 0 Å². The third kappa shape index (κ3) is 2.03. The minimum absolute atomic E-state index is 0.298. The van der Waals surface area contributed by atoms with Crippen LogP contribution in [-0.2, 0) is 9.47 Å². The molecule has 0 aromatic carbocycles. The van der Waals surface area contributed by atoms with E-state index in [4.69, 9.17) is 15.2 Å². The molecule has 0 aliphatic carbocycles. The molecule has 76 valence electrons. The van der Waals surface area contributed by atoms with Crippen molar-refractivity contribution in [3.05, 3.63) is 0 Å². The summed E-state index contributed by atoms with van der Waals surface area (Å²) < 4.78 is 11.0. The Morgan fingerprint density at radius 3 is 2.54 bits per heavy atom. The molecule has 2 aliphatic heterocycles. The average molecular weight is 185 g/mol. The topological polar surface area (TPSA) is 44.5 Å². The molecule has 2 rings (SSSR count). The highest BCUT2D eigenvalue weighted by Crippen LogP contribution is 2.41. The predicted octanol–water partition coefficient (Wildman–Crippen LogP) is 0.921. The Bertz CT molecular complexity index is 161. The second-order valence-electron chi connectivity index (χ2n) is 4.29. The van der Waals surface area contributed by atoms with Gasteiger partial charge in [0.2, 0.25) is 0 Å². The van der Waals surface area contributed by atoms with Crippen molar-refractivity contribution in [2.24, 2.45) is 11.1 Å². The minimum Gasteiger partial charge on any atom is -0.381 e. The molecule has 1 atom stereocenters. The molecule has 0 radical (unpaired) electrons. The van der Waals surface area contributed by atoms with Gasteiger partial charge in [0.05, 0.1) is 6.10 Å². The molecule has 2 heterocycles. The zero-order chi connectivity index (χ0) is 9.15. The van der Waals surface area contributed by atoms with Gasteiger partial charge in [-0.25, -0.2) is 0 Å². The zero-order valence-corrected chi connectivity index (χ0v) is 8.13. The van der Waals surface area contributed by atoms with Crippen LogP contribution in [0.2, 0.25) is 0 Å². The highest BCUT2D eigenvalue weighted by Gasteiger charge is 2.37. The van der Waals surface area contributed by atoms with E-state index in [1.165, 1.54) is 19.3 Å². The summed E-state index contributed by atoms with van der Waals surface area (Å²) in [6, 6.07) is 0. The van der Waals surface area contributed by atoms with Crippen molar-refractivity contribution in [3.8, 4) is 0 Å². The fraction of sp³-hybridized carbons (Fsp3) is 1.00. The van der Waals surface area contributed by atoms with Crippen LogP contribution < -0.4 is 5.73 Å². The van der Waals surface area contributed by atoms with Gasteiger partial charge in [-0.1, -0.05) is 0 Å². The normalized spacial score (nSPS) is 33.5. The maximum absolute atomic E-state index is 5.64. The third-order valence-corrected chi connectivity index (χ3v) is 3.46. The Hall–Kier alpha value is -0.120. The molecule has 0 saturated carbocycles. The van der Waals surface area contributed by atoms with E-state index in [0.29, 0.717) is 18.1 Å². The molecule has 2 N–H and O–H groups in total. The summed E-state index contributed by atoms with van der Waals surface area (Å²) in [4.78, 5) is 0. The van der Waals surface area contributed by atoms with Gasteiger partial charge in [0, 0.05) is 26.4 Å². The van der Waals surface area contributed by atoms with Gasteiger partial charge < -0.3 is 15.2 Å². The maximum Gasteiger partial charge on any atom is 0.0702 e. The number of ether oxygens (including phenoxy) is 2. The van der Waals surface area contributed by atoms with Crippen molar-refractivity contribution in [1.29, 1.82) is 0 Å². The fourth-order valence-corrected chi connectivity index (χ4v) is 2.50. The van der Waals surface area contributed by atoms with E-state index >= 15 is 0 Å². The highest BCUT2D eigenvalue weighted by atomic mass is 16.5. The van der Waals surface area contributed by atoms with E-state index in [1.807, 2.05) is 0 Å². The summed E-state index contributed by atoms with van der Waals surface area (Å²) in [6.07, 6.45) is 5.05.